The van der Waals surface area contributed by atoms with Gasteiger partial charge in [-0.15, -0.1) is 0 Å². The molecular formula is C13H22ClN3O2. The highest BCUT2D eigenvalue weighted by Gasteiger charge is 2.14. The lowest BCUT2D eigenvalue weighted by molar-refractivity contribution is 0.0943. The average Bonchev–Trinajstić information content (AvgIpc) is 2.76. The molecule has 0 aromatic carbocycles. The number of rotatable bonds is 8. The Balaban J connectivity index is 2.41. The predicted octanol–water partition coefficient (Wildman–Crippen LogP) is 1.69. The number of ether oxygens (including phenoxy) is 1. The van der Waals surface area contributed by atoms with Crippen LogP contribution in [0, 0.1) is 0 Å². The summed E-state index contributed by atoms with van der Waals surface area (Å²) in [5.74, 6) is -0.103. The molecule has 1 heterocycles. The molecular weight excluding hydrogens is 266 g/mol. The first-order chi connectivity index (χ1) is 9.06. The van der Waals surface area contributed by atoms with Crippen LogP contribution in [-0.2, 0) is 4.74 Å². The number of carbonyl (C=O) groups is 1. The molecule has 6 heteroatoms. The summed E-state index contributed by atoms with van der Waals surface area (Å²) >= 11 is 5.95. The highest BCUT2D eigenvalue weighted by atomic mass is 35.5. The monoisotopic (exact) mass is 287 g/mol. The zero-order chi connectivity index (χ0) is 14.3. The Morgan fingerprint density at radius 2 is 2.16 bits per heavy atom. The SMILES string of the molecule is COCCNCCNC(=O)c1cc(Cl)cn1C(C)C. The summed E-state index contributed by atoms with van der Waals surface area (Å²) in [5, 5.41) is 6.61. The van der Waals surface area contributed by atoms with Crippen molar-refractivity contribution in [3.8, 4) is 0 Å². The van der Waals surface area contributed by atoms with Crippen LogP contribution in [-0.4, -0.2) is 43.8 Å². The van der Waals surface area contributed by atoms with Crippen LogP contribution in [0.3, 0.4) is 0 Å². The van der Waals surface area contributed by atoms with Crippen LogP contribution < -0.4 is 10.6 Å². The fraction of sp³-hybridized carbons (Fsp3) is 0.615. The van der Waals surface area contributed by atoms with Crippen molar-refractivity contribution in [3.05, 3.63) is 23.0 Å². The molecule has 1 amide bonds. The van der Waals surface area contributed by atoms with Gasteiger partial charge in [0.15, 0.2) is 0 Å². The van der Waals surface area contributed by atoms with E-state index in [1.54, 1.807) is 19.4 Å². The number of nitrogens with one attached hydrogen (secondary N) is 2. The Hall–Kier alpha value is -1.04. The normalized spacial score (nSPS) is 11.0. The maximum Gasteiger partial charge on any atom is 0.268 e. The average molecular weight is 288 g/mol. The first-order valence-corrected chi connectivity index (χ1v) is 6.79. The molecule has 19 heavy (non-hydrogen) atoms. The fourth-order valence-corrected chi connectivity index (χ4v) is 1.92. The van der Waals surface area contributed by atoms with Gasteiger partial charge in [0.25, 0.3) is 5.91 Å². The molecule has 0 saturated carbocycles. The molecule has 0 radical (unpaired) electrons. The molecule has 0 atom stereocenters. The van der Waals surface area contributed by atoms with Crippen LogP contribution in [0.1, 0.15) is 30.4 Å². The quantitative estimate of drug-likeness (QED) is 0.716. The minimum absolute atomic E-state index is 0.103. The fourth-order valence-electron chi connectivity index (χ4n) is 1.71. The third-order valence-corrected chi connectivity index (χ3v) is 2.88. The van der Waals surface area contributed by atoms with Crippen molar-refractivity contribution in [2.45, 2.75) is 19.9 Å². The zero-order valence-corrected chi connectivity index (χ0v) is 12.5. The standard InChI is InChI=1S/C13H22ClN3O2/c1-10(2)17-9-11(14)8-12(17)13(18)16-5-4-15-6-7-19-3/h8-10,15H,4-7H2,1-3H3,(H,16,18). The van der Waals surface area contributed by atoms with Crippen molar-refractivity contribution >= 4 is 17.5 Å². The van der Waals surface area contributed by atoms with Crippen LogP contribution >= 0.6 is 11.6 Å². The first-order valence-electron chi connectivity index (χ1n) is 6.41. The van der Waals surface area contributed by atoms with Crippen molar-refractivity contribution in [1.29, 1.82) is 0 Å². The second kappa shape index (κ2) is 8.19. The summed E-state index contributed by atoms with van der Waals surface area (Å²) in [7, 11) is 1.66. The molecule has 0 spiro atoms. The molecule has 1 aromatic heterocycles. The topological polar surface area (TPSA) is 55.3 Å². The van der Waals surface area contributed by atoms with Crippen LogP contribution in [0.5, 0.6) is 0 Å². The second-order valence-electron chi connectivity index (χ2n) is 4.54. The molecule has 0 bridgehead atoms. The minimum Gasteiger partial charge on any atom is -0.383 e. The molecule has 1 rings (SSSR count). The van der Waals surface area contributed by atoms with E-state index in [9.17, 15) is 4.79 Å². The van der Waals surface area contributed by atoms with Gasteiger partial charge in [-0.3, -0.25) is 4.79 Å². The van der Waals surface area contributed by atoms with E-state index < -0.39 is 0 Å². The first kappa shape index (κ1) is 16.0. The molecule has 0 saturated heterocycles. The van der Waals surface area contributed by atoms with E-state index in [4.69, 9.17) is 16.3 Å². The number of halogens is 1. The number of aromatic nitrogens is 1. The van der Waals surface area contributed by atoms with Gasteiger partial charge in [0.05, 0.1) is 11.6 Å². The number of methoxy groups -OCH3 is 1. The van der Waals surface area contributed by atoms with Crippen molar-refractivity contribution in [2.75, 3.05) is 33.4 Å². The molecule has 108 valence electrons. The van der Waals surface area contributed by atoms with Gasteiger partial charge in [-0.25, -0.2) is 0 Å². The number of carbonyl (C=O) groups excluding carboxylic acids is 1. The van der Waals surface area contributed by atoms with Gasteiger partial charge in [-0.2, -0.15) is 0 Å². The Kier molecular flexibility index (Phi) is 6.91. The van der Waals surface area contributed by atoms with Crippen LogP contribution in [0.25, 0.3) is 0 Å². The molecule has 0 fully saturated rings. The van der Waals surface area contributed by atoms with Crippen molar-refractivity contribution in [2.24, 2.45) is 0 Å². The maximum absolute atomic E-state index is 12.0. The number of hydrogen-bond donors (Lipinski definition) is 2. The summed E-state index contributed by atoms with van der Waals surface area (Å²) in [6.07, 6.45) is 1.78. The number of nitrogens with zero attached hydrogens (tertiary/aromatic N) is 1. The maximum atomic E-state index is 12.0. The predicted molar refractivity (Wildman–Crippen MR) is 76.9 cm³/mol. The van der Waals surface area contributed by atoms with E-state index in [0.29, 0.717) is 30.4 Å². The Labute approximate surface area is 119 Å². The van der Waals surface area contributed by atoms with Gasteiger partial charge in [0.2, 0.25) is 0 Å². The largest absolute Gasteiger partial charge is 0.383 e. The zero-order valence-electron chi connectivity index (χ0n) is 11.7. The van der Waals surface area contributed by atoms with Crippen LogP contribution in [0.2, 0.25) is 5.02 Å². The summed E-state index contributed by atoms with van der Waals surface area (Å²) in [5.41, 5.74) is 0.594. The second-order valence-corrected chi connectivity index (χ2v) is 4.98. The molecule has 5 nitrogen and oxygen atoms in total. The third kappa shape index (κ3) is 5.22. The summed E-state index contributed by atoms with van der Waals surface area (Å²) < 4.78 is 6.79. The van der Waals surface area contributed by atoms with Gasteiger partial charge >= 0.3 is 0 Å². The van der Waals surface area contributed by atoms with E-state index in [1.165, 1.54) is 0 Å². The van der Waals surface area contributed by atoms with Crippen molar-refractivity contribution in [3.63, 3.8) is 0 Å². The molecule has 2 N–H and O–H groups in total. The van der Waals surface area contributed by atoms with Crippen LogP contribution in [0.15, 0.2) is 12.3 Å². The third-order valence-electron chi connectivity index (χ3n) is 2.67. The van der Waals surface area contributed by atoms with Gasteiger partial charge in [0.1, 0.15) is 5.69 Å². The number of amides is 1. The Morgan fingerprint density at radius 3 is 2.79 bits per heavy atom. The Morgan fingerprint density at radius 1 is 1.42 bits per heavy atom. The minimum atomic E-state index is -0.103. The molecule has 0 aliphatic rings. The molecule has 1 aromatic rings. The highest BCUT2D eigenvalue weighted by Crippen LogP contribution is 2.18. The van der Waals surface area contributed by atoms with Crippen molar-refractivity contribution < 1.29 is 9.53 Å². The summed E-state index contributed by atoms with van der Waals surface area (Å²) in [4.78, 5) is 12.0. The molecule has 0 aliphatic carbocycles. The van der Waals surface area contributed by atoms with Gasteiger partial charge < -0.3 is 19.9 Å². The van der Waals surface area contributed by atoms with Gasteiger partial charge in [0, 0.05) is 39.0 Å². The molecule has 0 aliphatic heterocycles. The van der Waals surface area contributed by atoms with Crippen LogP contribution in [0.4, 0.5) is 0 Å². The Bertz CT molecular complexity index is 405. The van der Waals surface area contributed by atoms with Crippen molar-refractivity contribution in [1.82, 2.24) is 15.2 Å². The summed E-state index contributed by atoms with van der Waals surface area (Å²) in [6, 6.07) is 1.89. The summed E-state index contributed by atoms with van der Waals surface area (Å²) in [6.45, 7) is 6.76. The van der Waals surface area contributed by atoms with E-state index in [-0.39, 0.29) is 11.9 Å². The lowest BCUT2D eigenvalue weighted by Crippen LogP contribution is -2.34. The molecule has 0 unspecified atom stereocenters. The van der Waals surface area contributed by atoms with E-state index in [0.717, 1.165) is 6.54 Å². The highest BCUT2D eigenvalue weighted by molar-refractivity contribution is 6.31. The van der Waals surface area contributed by atoms with E-state index in [1.807, 2.05) is 18.4 Å². The van der Waals surface area contributed by atoms with Gasteiger partial charge in [-0.1, -0.05) is 11.6 Å². The van der Waals surface area contributed by atoms with E-state index in [2.05, 4.69) is 10.6 Å². The van der Waals surface area contributed by atoms with E-state index >= 15 is 0 Å². The lowest BCUT2D eigenvalue weighted by Gasteiger charge is -2.12. The smallest absolute Gasteiger partial charge is 0.268 e. The van der Waals surface area contributed by atoms with Gasteiger partial charge in [-0.05, 0) is 19.9 Å². The lowest BCUT2D eigenvalue weighted by atomic mass is 10.3. The number of hydrogen-bond acceptors (Lipinski definition) is 3.